The van der Waals surface area contributed by atoms with Crippen LogP contribution in [-0.2, 0) is 0 Å². The van der Waals surface area contributed by atoms with E-state index < -0.39 is 0 Å². The zero-order chi connectivity index (χ0) is 13.1. The van der Waals surface area contributed by atoms with Crippen LogP contribution in [0.1, 0.15) is 23.7 Å². The van der Waals surface area contributed by atoms with E-state index >= 15 is 0 Å². The SMILES string of the molecule is CC1CC(Nc2ccc(C(=O)N(C)C)cc2)CS1. The predicted molar refractivity (Wildman–Crippen MR) is 78.4 cm³/mol. The van der Waals surface area contributed by atoms with Gasteiger partial charge in [0.2, 0.25) is 0 Å². The highest BCUT2D eigenvalue weighted by atomic mass is 32.2. The highest BCUT2D eigenvalue weighted by Crippen LogP contribution is 2.28. The third kappa shape index (κ3) is 3.19. The smallest absolute Gasteiger partial charge is 0.253 e. The summed E-state index contributed by atoms with van der Waals surface area (Å²) in [5.74, 6) is 1.21. The molecule has 2 rings (SSSR count). The molecule has 2 unspecified atom stereocenters. The molecule has 1 N–H and O–H groups in total. The van der Waals surface area contributed by atoms with Crippen molar-refractivity contribution in [3.05, 3.63) is 29.8 Å². The summed E-state index contributed by atoms with van der Waals surface area (Å²) < 4.78 is 0. The second-order valence-electron chi connectivity index (χ2n) is 5.00. The Morgan fingerprint density at radius 2 is 2.00 bits per heavy atom. The molecule has 1 aliphatic rings. The molecule has 0 saturated carbocycles. The van der Waals surface area contributed by atoms with E-state index in [2.05, 4.69) is 12.2 Å². The Bertz CT molecular complexity index is 416. The average Bonchev–Trinajstić information content (AvgIpc) is 2.75. The van der Waals surface area contributed by atoms with E-state index in [1.54, 1.807) is 19.0 Å². The van der Waals surface area contributed by atoms with Gasteiger partial charge in [0.1, 0.15) is 0 Å². The number of benzene rings is 1. The first-order valence-electron chi connectivity index (χ1n) is 6.26. The normalized spacial score (nSPS) is 22.8. The summed E-state index contributed by atoms with van der Waals surface area (Å²) in [5, 5.41) is 4.27. The summed E-state index contributed by atoms with van der Waals surface area (Å²) in [6, 6.07) is 8.31. The van der Waals surface area contributed by atoms with Crippen LogP contribution in [0, 0.1) is 0 Å². The van der Waals surface area contributed by atoms with Crippen LogP contribution in [0.4, 0.5) is 5.69 Å². The van der Waals surface area contributed by atoms with Crippen LogP contribution < -0.4 is 5.32 Å². The van der Waals surface area contributed by atoms with Crippen LogP contribution in [0.25, 0.3) is 0 Å². The van der Waals surface area contributed by atoms with Gasteiger partial charge in [0, 0.05) is 42.4 Å². The monoisotopic (exact) mass is 264 g/mol. The lowest BCUT2D eigenvalue weighted by atomic mass is 10.1. The van der Waals surface area contributed by atoms with Crippen LogP contribution in [0.5, 0.6) is 0 Å². The molecule has 3 nitrogen and oxygen atoms in total. The van der Waals surface area contributed by atoms with Gasteiger partial charge in [-0.2, -0.15) is 11.8 Å². The first-order valence-corrected chi connectivity index (χ1v) is 7.31. The minimum absolute atomic E-state index is 0.0478. The highest BCUT2D eigenvalue weighted by Gasteiger charge is 2.21. The number of nitrogens with zero attached hydrogens (tertiary/aromatic N) is 1. The molecule has 2 atom stereocenters. The van der Waals surface area contributed by atoms with Crippen molar-refractivity contribution >= 4 is 23.4 Å². The molecule has 0 spiro atoms. The Hall–Kier alpha value is -1.16. The number of hydrogen-bond donors (Lipinski definition) is 1. The van der Waals surface area contributed by atoms with Gasteiger partial charge in [-0.15, -0.1) is 0 Å². The molecular formula is C14H20N2OS. The number of rotatable bonds is 3. The maximum absolute atomic E-state index is 11.7. The van der Waals surface area contributed by atoms with E-state index in [1.165, 1.54) is 12.2 Å². The van der Waals surface area contributed by atoms with E-state index in [0.717, 1.165) is 16.5 Å². The van der Waals surface area contributed by atoms with E-state index in [4.69, 9.17) is 0 Å². The zero-order valence-corrected chi connectivity index (χ0v) is 12.0. The lowest BCUT2D eigenvalue weighted by Crippen LogP contribution is -2.22. The number of carbonyl (C=O) groups is 1. The van der Waals surface area contributed by atoms with Gasteiger partial charge < -0.3 is 10.2 Å². The number of nitrogens with one attached hydrogen (secondary N) is 1. The number of carbonyl (C=O) groups excluding carboxylic acids is 1. The van der Waals surface area contributed by atoms with Gasteiger partial charge >= 0.3 is 0 Å². The van der Waals surface area contributed by atoms with Crippen molar-refractivity contribution in [2.45, 2.75) is 24.6 Å². The Morgan fingerprint density at radius 3 is 2.50 bits per heavy atom. The van der Waals surface area contributed by atoms with Gasteiger partial charge in [-0.1, -0.05) is 6.92 Å². The lowest BCUT2D eigenvalue weighted by Gasteiger charge is -2.14. The molecule has 0 radical (unpaired) electrons. The molecular weight excluding hydrogens is 244 g/mol. The Balaban J connectivity index is 1.97. The second kappa shape index (κ2) is 5.65. The fourth-order valence-electron chi connectivity index (χ4n) is 2.12. The molecule has 1 saturated heterocycles. The molecule has 4 heteroatoms. The fourth-order valence-corrected chi connectivity index (χ4v) is 3.27. The maximum atomic E-state index is 11.7. The summed E-state index contributed by atoms with van der Waals surface area (Å²) in [6.07, 6.45) is 1.21. The molecule has 1 aromatic carbocycles. The van der Waals surface area contributed by atoms with Crippen LogP contribution in [0.3, 0.4) is 0 Å². The fraction of sp³-hybridized carbons (Fsp3) is 0.500. The van der Waals surface area contributed by atoms with Crippen molar-refractivity contribution in [1.82, 2.24) is 4.90 Å². The van der Waals surface area contributed by atoms with Crippen LogP contribution >= 0.6 is 11.8 Å². The zero-order valence-electron chi connectivity index (χ0n) is 11.1. The van der Waals surface area contributed by atoms with E-state index in [9.17, 15) is 4.79 Å². The van der Waals surface area contributed by atoms with E-state index in [1.807, 2.05) is 36.0 Å². The Labute approximate surface area is 113 Å². The molecule has 1 aromatic rings. The van der Waals surface area contributed by atoms with Crippen LogP contribution in [-0.4, -0.2) is 41.9 Å². The Kier molecular flexibility index (Phi) is 4.17. The summed E-state index contributed by atoms with van der Waals surface area (Å²) in [7, 11) is 3.54. The first kappa shape index (κ1) is 13.3. The van der Waals surface area contributed by atoms with Crippen molar-refractivity contribution in [2.75, 3.05) is 25.2 Å². The van der Waals surface area contributed by atoms with Crippen molar-refractivity contribution < 1.29 is 4.79 Å². The van der Waals surface area contributed by atoms with Gasteiger partial charge in [-0.25, -0.2) is 0 Å². The van der Waals surface area contributed by atoms with Gasteiger partial charge in [-0.3, -0.25) is 4.79 Å². The largest absolute Gasteiger partial charge is 0.381 e. The van der Waals surface area contributed by atoms with Crippen molar-refractivity contribution in [1.29, 1.82) is 0 Å². The minimum Gasteiger partial charge on any atom is -0.381 e. The number of thioether (sulfide) groups is 1. The molecule has 1 amide bonds. The number of amides is 1. The summed E-state index contributed by atoms with van der Waals surface area (Å²) in [5.41, 5.74) is 1.84. The van der Waals surface area contributed by atoms with Gasteiger partial charge in [0.05, 0.1) is 0 Å². The predicted octanol–water partition coefficient (Wildman–Crippen LogP) is 2.69. The molecule has 1 aliphatic heterocycles. The summed E-state index contributed by atoms with van der Waals surface area (Å²) in [6.45, 7) is 2.27. The average molecular weight is 264 g/mol. The topological polar surface area (TPSA) is 32.3 Å². The molecule has 0 aromatic heterocycles. The molecule has 1 heterocycles. The molecule has 1 fully saturated rings. The number of anilines is 1. The second-order valence-corrected chi connectivity index (χ2v) is 6.47. The highest BCUT2D eigenvalue weighted by molar-refractivity contribution is 8.00. The standard InChI is InChI=1S/C14H20N2OS/c1-10-8-13(9-18-10)15-12-6-4-11(5-7-12)14(17)16(2)3/h4-7,10,13,15H,8-9H2,1-3H3. The summed E-state index contributed by atoms with van der Waals surface area (Å²) in [4.78, 5) is 13.3. The van der Waals surface area contributed by atoms with Gasteiger partial charge in [-0.05, 0) is 30.7 Å². The maximum Gasteiger partial charge on any atom is 0.253 e. The Morgan fingerprint density at radius 1 is 1.33 bits per heavy atom. The summed E-state index contributed by atoms with van der Waals surface area (Å²) >= 11 is 2.01. The molecule has 0 aliphatic carbocycles. The van der Waals surface area contributed by atoms with Crippen LogP contribution in [0.15, 0.2) is 24.3 Å². The van der Waals surface area contributed by atoms with E-state index in [0.29, 0.717) is 6.04 Å². The van der Waals surface area contributed by atoms with Gasteiger partial charge in [0.25, 0.3) is 5.91 Å². The van der Waals surface area contributed by atoms with Crippen molar-refractivity contribution in [2.24, 2.45) is 0 Å². The van der Waals surface area contributed by atoms with Crippen molar-refractivity contribution in [3.63, 3.8) is 0 Å². The number of hydrogen-bond acceptors (Lipinski definition) is 3. The molecule has 18 heavy (non-hydrogen) atoms. The quantitative estimate of drug-likeness (QED) is 0.911. The lowest BCUT2D eigenvalue weighted by molar-refractivity contribution is 0.0827. The third-order valence-corrected chi connectivity index (χ3v) is 4.46. The van der Waals surface area contributed by atoms with Crippen molar-refractivity contribution in [3.8, 4) is 0 Å². The van der Waals surface area contributed by atoms with E-state index in [-0.39, 0.29) is 5.91 Å². The first-order chi connectivity index (χ1) is 8.56. The van der Waals surface area contributed by atoms with Gasteiger partial charge in [0.15, 0.2) is 0 Å². The molecule has 0 bridgehead atoms. The third-order valence-electron chi connectivity index (χ3n) is 3.11. The minimum atomic E-state index is 0.0478. The molecule has 98 valence electrons. The van der Waals surface area contributed by atoms with Crippen LogP contribution in [0.2, 0.25) is 0 Å².